The zero-order chi connectivity index (χ0) is 14.4. The molecule has 2 rings (SSSR count). The minimum absolute atomic E-state index is 0.698. The predicted molar refractivity (Wildman–Crippen MR) is 88.7 cm³/mol. The van der Waals surface area contributed by atoms with E-state index in [1.165, 1.54) is 5.56 Å². The van der Waals surface area contributed by atoms with Gasteiger partial charge >= 0.3 is 0 Å². The summed E-state index contributed by atoms with van der Waals surface area (Å²) in [6.45, 7) is 3.50. The van der Waals surface area contributed by atoms with Crippen molar-refractivity contribution in [3.05, 3.63) is 57.5 Å². The summed E-state index contributed by atoms with van der Waals surface area (Å²) in [5, 5.41) is 4.08. The van der Waals surface area contributed by atoms with E-state index in [0.29, 0.717) is 18.2 Å². The summed E-state index contributed by atoms with van der Waals surface area (Å²) in [6.07, 6.45) is 0.978. The first-order chi connectivity index (χ1) is 9.70. The number of nitrogens with one attached hydrogen (secondary N) is 1. The number of ether oxygens (including phenoxy) is 1. The van der Waals surface area contributed by atoms with E-state index in [1.54, 1.807) is 0 Å². The van der Waals surface area contributed by atoms with Crippen LogP contribution < -0.4 is 10.1 Å². The highest BCUT2D eigenvalue weighted by Crippen LogP contribution is 2.29. The normalized spacial score (nSPS) is 10.3. The summed E-state index contributed by atoms with van der Waals surface area (Å²) < 4.78 is 6.82. The molecular formula is C16H17BrClNO. The molecule has 106 valence electrons. The zero-order valence-corrected chi connectivity index (χ0v) is 13.7. The minimum Gasteiger partial charge on any atom is -0.491 e. The van der Waals surface area contributed by atoms with Crippen LogP contribution in [0.3, 0.4) is 0 Å². The van der Waals surface area contributed by atoms with Gasteiger partial charge in [-0.25, -0.2) is 0 Å². The number of hydrogen-bond acceptors (Lipinski definition) is 2. The van der Waals surface area contributed by atoms with Crippen molar-refractivity contribution in [2.75, 3.05) is 11.9 Å². The van der Waals surface area contributed by atoms with E-state index in [1.807, 2.05) is 36.4 Å². The monoisotopic (exact) mass is 353 g/mol. The van der Waals surface area contributed by atoms with Gasteiger partial charge in [-0.1, -0.05) is 52.7 Å². The lowest BCUT2D eigenvalue weighted by atomic mass is 10.2. The highest BCUT2D eigenvalue weighted by molar-refractivity contribution is 9.10. The van der Waals surface area contributed by atoms with Gasteiger partial charge in [0.2, 0.25) is 0 Å². The van der Waals surface area contributed by atoms with Crippen LogP contribution in [0.5, 0.6) is 5.75 Å². The van der Waals surface area contributed by atoms with Crippen LogP contribution in [0.2, 0.25) is 5.02 Å². The highest BCUT2D eigenvalue weighted by Gasteiger charge is 2.05. The van der Waals surface area contributed by atoms with Crippen LogP contribution in [0, 0.1) is 0 Å². The van der Waals surface area contributed by atoms with Gasteiger partial charge in [0.15, 0.2) is 0 Å². The number of halogens is 2. The summed E-state index contributed by atoms with van der Waals surface area (Å²) in [6, 6.07) is 13.8. The molecule has 0 saturated carbocycles. The number of rotatable bonds is 6. The molecule has 0 saturated heterocycles. The summed E-state index contributed by atoms with van der Waals surface area (Å²) >= 11 is 9.61. The Balaban J connectivity index is 2.11. The van der Waals surface area contributed by atoms with E-state index in [9.17, 15) is 0 Å². The van der Waals surface area contributed by atoms with Gasteiger partial charge in [-0.2, -0.15) is 0 Å². The molecule has 0 spiro atoms. The molecule has 4 heteroatoms. The molecule has 0 aliphatic heterocycles. The molecule has 2 aromatic rings. The van der Waals surface area contributed by atoms with Crippen molar-refractivity contribution in [1.82, 2.24) is 0 Å². The van der Waals surface area contributed by atoms with Crippen molar-refractivity contribution in [3.8, 4) is 5.75 Å². The maximum Gasteiger partial charge on any atom is 0.142 e. The quantitative estimate of drug-likeness (QED) is 0.739. The van der Waals surface area contributed by atoms with Crippen LogP contribution in [0.1, 0.15) is 18.9 Å². The molecule has 0 bridgehead atoms. The van der Waals surface area contributed by atoms with Gasteiger partial charge in [0.1, 0.15) is 5.75 Å². The average molecular weight is 355 g/mol. The Kier molecular flexibility index (Phi) is 5.74. The van der Waals surface area contributed by atoms with Crippen molar-refractivity contribution in [1.29, 1.82) is 0 Å². The Hall–Kier alpha value is -1.19. The molecule has 2 aromatic carbocycles. The molecule has 0 aromatic heterocycles. The van der Waals surface area contributed by atoms with Crippen LogP contribution in [0.4, 0.5) is 5.69 Å². The molecule has 0 unspecified atom stereocenters. The van der Waals surface area contributed by atoms with E-state index in [2.05, 4.69) is 34.2 Å². The third-order valence-electron chi connectivity index (χ3n) is 2.83. The first-order valence-corrected chi connectivity index (χ1v) is 7.77. The second kappa shape index (κ2) is 7.55. The lowest BCUT2D eigenvalue weighted by Gasteiger charge is -2.14. The number of anilines is 1. The van der Waals surface area contributed by atoms with E-state index < -0.39 is 0 Å². The summed E-state index contributed by atoms with van der Waals surface area (Å²) in [5.74, 6) is 0.836. The van der Waals surface area contributed by atoms with Crippen molar-refractivity contribution in [3.63, 3.8) is 0 Å². The Morgan fingerprint density at radius 3 is 2.75 bits per heavy atom. The van der Waals surface area contributed by atoms with Crippen molar-refractivity contribution >= 4 is 33.2 Å². The summed E-state index contributed by atoms with van der Waals surface area (Å²) in [5.41, 5.74) is 2.11. The molecule has 0 aliphatic carbocycles. The van der Waals surface area contributed by atoms with Gasteiger partial charge in [0.05, 0.1) is 12.3 Å². The molecule has 0 radical (unpaired) electrons. The maximum atomic E-state index is 6.06. The third kappa shape index (κ3) is 4.15. The molecule has 20 heavy (non-hydrogen) atoms. The topological polar surface area (TPSA) is 21.3 Å². The van der Waals surface area contributed by atoms with Crippen molar-refractivity contribution in [2.24, 2.45) is 0 Å². The Morgan fingerprint density at radius 1 is 1.20 bits per heavy atom. The van der Waals surface area contributed by atoms with Crippen molar-refractivity contribution in [2.45, 2.75) is 19.9 Å². The largest absolute Gasteiger partial charge is 0.491 e. The van der Waals surface area contributed by atoms with Gasteiger partial charge < -0.3 is 10.1 Å². The fourth-order valence-corrected chi connectivity index (χ4v) is 2.41. The second-order valence-electron chi connectivity index (χ2n) is 4.43. The minimum atomic E-state index is 0.698. The summed E-state index contributed by atoms with van der Waals surface area (Å²) in [4.78, 5) is 0. The molecule has 1 N–H and O–H groups in total. The van der Waals surface area contributed by atoms with Crippen LogP contribution in [0.15, 0.2) is 46.9 Å². The lowest BCUT2D eigenvalue weighted by molar-refractivity contribution is 0.319. The second-order valence-corrected chi connectivity index (χ2v) is 5.72. The average Bonchev–Trinajstić information content (AvgIpc) is 2.45. The molecule has 0 aliphatic rings. The van der Waals surface area contributed by atoms with Crippen molar-refractivity contribution < 1.29 is 4.74 Å². The third-order valence-corrected chi connectivity index (χ3v) is 3.84. The molecular weight excluding hydrogens is 338 g/mol. The van der Waals surface area contributed by atoms with Gasteiger partial charge in [0.25, 0.3) is 0 Å². The van der Waals surface area contributed by atoms with E-state index in [4.69, 9.17) is 16.3 Å². The van der Waals surface area contributed by atoms with Gasteiger partial charge in [-0.05, 0) is 36.2 Å². The predicted octanol–water partition coefficient (Wildman–Crippen LogP) is 5.50. The number of benzene rings is 2. The van der Waals surface area contributed by atoms with E-state index in [0.717, 1.165) is 22.3 Å². The first-order valence-electron chi connectivity index (χ1n) is 6.60. The molecule has 0 heterocycles. The molecule has 0 fully saturated rings. The van der Waals surface area contributed by atoms with Crippen LogP contribution in [-0.4, -0.2) is 6.61 Å². The SMILES string of the molecule is CCCOc1ccc(Cl)cc1NCc1ccccc1Br. The fourth-order valence-electron chi connectivity index (χ4n) is 1.81. The van der Waals surface area contributed by atoms with Gasteiger partial charge in [-0.3, -0.25) is 0 Å². The number of hydrogen-bond donors (Lipinski definition) is 1. The first kappa shape index (κ1) is 15.2. The molecule has 0 amide bonds. The zero-order valence-electron chi connectivity index (χ0n) is 11.3. The Labute approximate surface area is 133 Å². The van der Waals surface area contributed by atoms with Crippen LogP contribution in [0.25, 0.3) is 0 Å². The smallest absolute Gasteiger partial charge is 0.142 e. The standard InChI is InChI=1S/C16H17BrClNO/c1-2-9-20-16-8-7-13(18)10-15(16)19-11-12-5-3-4-6-14(12)17/h3-8,10,19H,2,9,11H2,1H3. The lowest BCUT2D eigenvalue weighted by Crippen LogP contribution is -2.04. The summed E-state index contributed by atoms with van der Waals surface area (Å²) in [7, 11) is 0. The van der Waals surface area contributed by atoms with Crippen LogP contribution in [-0.2, 0) is 6.54 Å². The van der Waals surface area contributed by atoms with E-state index in [-0.39, 0.29) is 0 Å². The highest BCUT2D eigenvalue weighted by atomic mass is 79.9. The molecule has 0 atom stereocenters. The van der Waals surface area contributed by atoms with Gasteiger partial charge in [-0.15, -0.1) is 0 Å². The van der Waals surface area contributed by atoms with Gasteiger partial charge in [0, 0.05) is 16.0 Å². The van der Waals surface area contributed by atoms with E-state index >= 15 is 0 Å². The molecule has 2 nitrogen and oxygen atoms in total. The Morgan fingerprint density at radius 2 is 2.00 bits per heavy atom. The Bertz CT molecular complexity index is 574. The van der Waals surface area contributed by atoms with Crippen LogP contribution >= 0.6 is 27.5 Å². The maximum absolute atomic E-state index is 6.06. The fraction of sp³-hybridized carbons (Fsp3) is 0.250.